The molecule has 192 valence electrons. The van der Waals surface area contributed by atoms with Crippen molar-refractivity contribution < 1.29 is 4.52 Å². The molecule has 3 atom stereocenters. The average Bonchev–Trinajstić information content (AvgIpc) is 3.28. The van der Waals surface area contributed by atoms with Crippen molar-refractivity contribution in [3.05, 3.63) is 98.5 Å². The Kier molecular flexibility index (Phi) is 4.75. The quantitative estimate of drug-likeness (QED) is 0.288. The summed E-state index contributed by atoms with van der Waals surface area (Å²) in [5.41, 5.74) is 6.64. The summed E-state index contributed by atoms with van der Waals surface area (Å²) in [6.07, 6.45) is 4.48. The molecular formula is C28H19Cl2N7O2. The number of pyridine rings is 1. The number of aromatic amines is 1. The summed E-state index contributed by atoms with van der Waals surface area (Å²) in [5, 5.41) is 13.9. The molecule has 3 unspecified atom stereocenters. The molecule has 0 saturated heterocycles. The molecule has 0 radical (unpaired) electrons. The fourth-order valence-corrected chi connectivity index (χ4v) is 6.25. The molecule has 11 heteroatoms. The topological polar surface area (TPSA) is 107 Å². The van der Waals surface area contributed by atoms with E-state index in [-0.39, 0.29) is 16.8 Å². The standard InChI is InChI=1S/C28H19Cl2N7O2/c1-13-17-4-2-14(7-24(17)39-34-13)28-31-11-21(32-28)27-20-10-19(20)23-6-15(8-26(38)37(23)27)18-9-16(29)3-5-22(18)36-12-25(30)33-35-36/h2-9,11-12,19-20,27H,10H2,1H3,(H,31,32). The molecule has 1 saturated carbocycles. The maximum Gasteiger partial charge on any atom is 0.251 e. The minimum atomic E-state index is -0.1000. The average molecular weight is 556 g/mol. The summed E-state index contributed by atoms with van der Waals surface area (Å²) in [6.45, 7) is 1.92. The van der Waals surface area contributed by atoms with Gasteiger partial charge in [0.05, 0.1) is 35.5 Å². The van der Waals surface area contributed by atoms with Crippen LogP contribution >= 0.6 is 23.2 Å². The number of rotatable bonds is 4. The Morgan fingerprint density at radius 3 is 2.82 bits per heavy atom. The highest BCUT2D eigenvalue weighted by Crippen LogP contribution is 2.60. The number of halogens is 2. The maximum atomic E-state index is 13.6. The predicted molar refractivity (Wildman–Crippen MR) is 146 cm³/mol. The van der Waals surface area contributed by atoms with Crippen LogP contribution in [0.1, 0.15) is 35.5 Å². The molecule has 2 aliphatic rings. The van der Waals surface area contributed by atoms with Crippen LogP contribution in [0.3, 0.4) is 0 Å². The number of fused-ring (bicyclic) bond motifs is 4. The van der Waals surface area contributed by atoms with Crippen LogP contribution in [0, 0.1) is 12.8 Å². The molecule has 0 bridgehead atoms. The maximum absolute atomic E-state index is 13.6. The lowest BCUT2D eigenvalue weighted by atomic mass is 10.0. The summed E-state index contributed by atoms with van der Waals surface area (Å²) in [6, 6.07) is 15.0. The van der Waals surface area contributed by atoms with Crippen molar-refractivity contribution in [3.63, 3.8) is 0 Å². The van der Waals surface area contributed by atoms with Crippen molar-refractivity contribution in [1.29, 1.82) is 0 Å². The van der Waals surface area contributed by atoms with E-state index in [4.69, 9.17) is 27.7 Å². The van der Waals surface area contributed by atoms with E-state index in [0.717, 1.165) is 57.1 Å². The van der Waals surface area contributed by atoms with Crippen LogP contribution in [0.5, 0.6) is 0 Å². The fraction of sp³-hybridized carbons (Fsp3) is 0.179. The van der Waals surface area contributed by atoms with Gasteiger partial charge >= 0.3 is 0 Å². The predicted octanol–water partition coefficient (Wildman–Crippen LogP) is 5.95. The number of hydrogen-bond acceptors (Lipinski definition) is 6. The normalized spacial score (nSPS) is 19.4. The van der Waals surface area contributed by atoms with Crippen molar-refractivity contribution >= 4 is 34.2 Å². The monoisotopic (exact) mass is 555 g/mol. The third kappa shape index (κ3) is 3.50. The lowest BCUT2D eigenvalue weighted by Gasteiger charge is -2.18. The molecule has 1 aliphatic heterocycles. The summed E-state index contributed by atoms with van der Waals surface area (Å²) in [4.78, 5) is 21.8. The van der Waals surface area contributed by atoms with E-state index in [0.29, 0.717) is 22.4 Å². The zero-order chi connectivity index (χ0) is 26.4. The number of H-pyrrole nitrogens is 1. The Hall–Kier alpha value is -4.21. The van der Waals surface area contributed by atoms with E-state index < -0.39 is 0 Å². The van der Waals surface area contributed by atoms with Crippen LogP contribution in [0.25, 0.3) is 39.2 Å². The highest BCUT2D eigenvalue weighted by atomic mass is 35.5. The molecule has 1 fully saturated rings. The zero-order valence-corrected chi connectivity index (χ0v) is 22.0. The van der Waals surface area contributed by atoms with Crippen LogP contribution in [0.4, 0.5) is 0 Å². The van der Waals surface area contributed by atoms with Crippen molar-refractivity contribution in [2.75, 3.05) is 0 Å². The Labute approximate surface area is 231 Å². The van der Waals surface area contributed by atoms with Crippen LogP contribution in [0.2, 0.25) is 10.2 Å². The molecule has 1 aliphatic carbocycles. The lowest BCUT2D eigenvalue weighted by Crippen LogP contribution is -2.26. The first kappa shape index (κ1) is 22.7. The van der Waals surface area contributed by atoms with Crippen molar-refractivity contribution in [2.24, 2.45) is 5.92 Å². The second-order valence-electron chi connectivity index (χ2n) is 10.1. The second-order valence-corrected chi connectivity index (χ2v) is 11.0. The van der Waals surface area contributed by atoms with Gasteiger partial charge in [0, 0.05) is 39.2 Å². The lowest BCUT2D eigenvalue weighted by molar-refractivity contribution is 0.450. The smallest absolute Gasteiger partial charge is 0.251 e. The van der Waals surface area contributed by atoms with Gasteiger partial charge in [-0.25, -0.2) is 9.67 Å². The summed E-state index contributed by atoms with van der Waals surface area (Å²) >= 11 is 12.4. The number of benzene rings is 2. The molecule has 0 amide bonds. The van der Waals surface area contributed by atoms with Gasteiger partial charge in [0.2, 0.25) is 0 Å². The first-order chi connectivity index (χ1) is 18.9. The van der Waals surface area contributed by atoms with Crippen LogP contribution in [-0.2, 0) is 0 Å². The molecule has 5 heterocycles. The number of hydrogen-bond donors (Lipinski definition) is 1. The fourth-order valence-electron chi connectivity index (χ4n) is 5.95. The third-order valence-electron chi connectivity index (χ3n) is 7.82. The number of aryl methyl sites for hydroxylation is 1. The highest BCUT2D eigenvalue weighted by molar-refractivity contribution is 6.31. The molecule has 2 aromatic carbocycles. The molecule has 0 spiro atoms. The Morgan fingerprint density at radius 1 is 1.08 bits per heavy atom. The van der Waals surface area contributed by atoms with E-state index in [2.05, 4.69) is 31.5 Å². The van der Waals surface area contributed by atoms with Gasteiger partial charge in [0.1, 0.15) is 5.82 Å². The Bertz CT molecular complexity index is 2000. The number of nitrogens with one attached hydrogen (secondary N) is 1. The van der Waals surface area contributed by atoms with Crippen LogP contribution in [0.15, 0.2) is 70.2 Å². The van der Waals surface area contributed by atoms with Crippen molar-refractivity contribution in [1.82, 2.24) is 34.7 Å². The molecule has 4 aromatic heterocycles. The first-order valence-corrected chi connectivity index (χ1v) is 13.3. The van der Waals surface area contributed by atoms with Gasteiger partial charge in [0.25, 0.3) is 5.56 Å². The number of imidazole rings is 1. The van der Waals surface area contributed by atoms with Gasteiger partial charge in [-0.1, -0.05) is 39.6 Å². The van der Waals surface area contributed by atoms with Crippen LogP contribution in [-0.4, -0.2) is 34.7 Å². The third-order valence-corrected chi connectivity index (χ3v) is 8.23. The molecule has 6 aromatic rings. The minimum Gasteiger partial charge on any atom is -0.356 e. The summed E-state index contributed by atoms with van der Waals surface area (Å²) < 4.78 is 8.93. The van der Waals surface area contributed by atoms with E-state index in [9.17, 15) is 4.79 Å². The summed E-state index contributed by atoms with van der Waals surface area (Å²) in [7, 11) is 0. The van der Waals surface area contributed by atoms with E-state index in [1.165, 1.54) is 0 Å². The minimum absolute atomic E-state index is 0.0723. The van der Waals surface area contributed by atoms with Gasteiger partial charge in [-0.05, 0) is 61.2 Å². The van der Waals surface area contributed by atoms with E-state index >= 15 is 0 Å². The Balaban J connectivity index is 1.19. The van der Waals surface area contributed by atoms with Gasteiger partial charge in [-0.15, -0.1) is 5.10 Å². The molecule has 8 rings (SSSR count). The molecule has 39 heavy (non-hydrogen) atoms. The first-order valence-electron chi connectivity index (χ1n) is 12.5. The molecule has 1 N–H and O–H groups in total. The zero-order valence-electron chi connectivity index (χ0n) is 20.5. The summed E-state index contributed by atoms with van der Waals surface area (Å²) in [5.74, 6) is 1.38. The van der Waals surface area contributed by atoms with Crippen molar-refractivity contribution in [2.45, 2.75) is 25.3 Å². The number of nitrogens with zero attached hydrogens (tertiary/aromatic N) is 6. The van der Waals surface area contributed by atoms with E-state index in [1.807, 2.05) is 48.0 Å². The van der Waals surface area contributed by atoms with Gasteiger partial charge < -0.3 is 14.1 Å². The molecular weight excluding hydrogens is 537 g/mol. The Morgan fingerprint density at radius 2 is 1.97 bits per heavy atom. The van der Waals surface area contributed by atoms with Crippen LogP contribution < -0.4 is 5.56 Å². The largest absolute Gasteiger partial charge is 0.356 e. The SMILES string of the molecule is Cc1noc2cc(-c3ncc(C4C5CC5c5cc(-c6cc(Cl)ccc6-n6cc(Cl)nn6)cc(=O)n54)[nH]3)ccc12. The highest BCUT2D eigenvalue weighted by Gasteiger charge is 2.53. The van der Waals surface area contributed by atoms with Crippen molar-refractivity contribution in [3.8, 4) is 28.2 Å². The van der Waals surface area contributed by atoms with Gasteiger partial charge in [0.15, 0.2) is 10.7 Å². The second kappa shape index (κ2) is 8.14. The van der Waals surface area contributed by atoms with E-state index in [1.54, 1.807) is 23.0 Å². The van der Waals surface area contributed by atoms with Gasteiger partial charge in [-0.2, -0.15) is 0 Å². The van der Waals surface area contributed by atoms with Gasteiger partial charge in [-0.3, -0.25) is 4.79 Å². The molecule has 9 nitrogen and oxygen atoms in total. The number of aromatic nitrogens is 7.